The fourth-order valence-corrected chi connectivity index (χ4v) is 3.46. The SMILES string of the molecule is CCCn1c(CC(NN)C2CC2(C)C)nc2ccccc21. The minimum absolute atomic E-state index is 0.312. The number of nitrogens with one attached hydrogen (secondary N) is 1. The molecule has 1 saturated carbocycles. The van der Waals surface area contributed by atoms with Crippen LogP contribution >= 0.6 is 0 Å². The van der Waals surface area contributed by atoms with Crippen molar-refractivity contribution in [1.82, 2.24) is 15.0 Å². The molecule has 0 bridgehead atoms. The number of hydrazine groups is 1. The predicted octanol–water partition coefficient (Wildman–Crippen LogP) is 2.87. The number of fused-ring (bicyclic) bond motifs is 1. The standard InChI is InChI=1S/C17H26N4/c1-4-9-21-15-8-6-5-7-13(15)19-16(21)10-14(20-18)12-11-17(12,2)3/h5-8,12,14,20H,4,9-11,18H2,1-3H3. The zero-order chi connectivity index (χ0) is 15.0. The van der Waals surface area contributed by atoms with E-state index in [1.807, 2.05) is 0 Å². The van der Waals surface area contributed by atoms with Crippen molar-refractivity contribution < 1.29 is 0 Å². The van der Waals surface area contributed by atoms with Crippen LogP contribution in [0.2, 0.25) is 0 Å². The lowest BCUT2D eigenvalue weighted by Gasteiger charge is -2.18. The Morgan fingerprint density at radius 1 is 1.43 bits per heavy atom. The molecule has 114 valence electrons. The summed E-state index contributed by atoms with van der Waals surface area (Å²) in [6.07, 6.45) is 3.26. The van der Waals surface area contributed by atoms with Gasteiger partial charge in [-0.05, 0) is 36.3 Å². The molecule has 2 aromatic rings. The van der Waals surface area contributed by atoms with E-state index in [-0.39, 0.29) is 0 Å². The van der Waals surface area contributed by atoms with Gasteiger partial charge >= 0.3 is 0 Å². The molecule has 1 aliphatic carbocycles. The molecule has 0 radical (unpaired) electrons. The van der Waals surface area contributed by atoms with E-state index in [0.717, 1.165) is 30.7 Å². The summed E-state index contributed by atoms with van der Waals surface area (Å²) in [5, 5.41) is 0. The predicted molar refractivity (Wildman–Crippen MR) is 86.7 cm³/mol. The maximum atomic E-state index is 5.81. The molecular weight excluding hydrogens is 260 g/mol. The first-order chi connectivity index (χ1) is 10.1. The molecule has 2 atom stereocenters. The molecule has 0 saturated heterocycles. The molecule has 4 heteroatoms. The number of hydrogen-bond donors (Lipinski definition) is 2. The summed E-state index contributed by atoms with van der Waals surface area (Å²) in [4.78, 5) is 4.84. The van der Waals surface area contributed by atoms with Gasteiger partial charge in [-0.25, -0.2) is 4.98 Å². The van der Waals surface area contributed by atoms with Crippen LogP contribution in [0.15, 0.2) is 24.3 Å². The number of aromatic nitrogens is 2. The van der Waals surface area contributed by atoms with Crippen LogP contribution in [0.5, 0.6) is 0 Å². The number of aryl methyl sites for hydroxylation is 1. The molecular formula is C17H26N4. The van der Waals surface area contributed by atoms with E-state index in [9.17, 15) is 0 Å². The number of nitrogens with zero attached hydrogens (tertiary/aromatic N) is 2. The molecule has 0 spiro atoms. The zero-order valence-electron chi connectivity index (χ0n) is 13.3. The molecule has 1 heterocycles. The Hall–Kier alpha value is -1.39. The molecule has 1 aliphatic rings. The van der Waals surface area contributed by atoms with Gasteiger partial charge in [0.05, 0.1) is 11.0 Å². The molecule has 1 fully saturated rings. The van der Waals surface area contributed by atoms with Gasteiger partial charge < -0.3 is 4.57 Å². The Morgan fingerprint density at radius 2 is 2.14 bits per heavy atom. The van der Waals surface area contributed by atoms with Crippen LogP contribution in [-0.4, -0.2) is 15.6 Å². The first kappa shape index (κ1) is 14.5. The van der Waals surface area contributed by atoms with E-state index >= 15 is 0 Å². The van der Waals surface area contributed by atoms with E-state index < -0.39 is 0 Å². The number of nitrogens with two attached hydrogens (primary N) is 1. The Morgan fingerprint density at radius 3 is 2.76 bits per heavy atom. The van der Waals surface area contributed by atoms with Crippen molar-refractivity contribution in [3.05, 3.63) is 30.1 Å². The summed E-state index contributed by atoms with van der Waals surface area (Å²) >= 11 is 0. The molecule has 1 aromatic heterocycles. The fourth-order valence-electron chi connectivity index (χ4n) is 3.46. The van der Waals surface area contributed by atoms with Gasteiger partial charge in [0, 0.05) is 19.0 Å². The van der Waals surface area contributed by atoms with Gasteiger partial charge in [0.15, 0.2) is 0 Å². The van der Waals surface area contributed by atoms with Crippen LogP contribution < -0.4 is 11.3 Å². The van der Waals surface area contributed by atoms with Crippen molar-refractivity contribution in [2.75, 3.05) is 0 Å². The number of benzene rings is 1. The second-order valence-electron chi connectivity index (χ2n) is 6.94. The van der Waals surface area contributed by atoms with Gasteiger partial charge in [-0.2, -0.15) is 0 Å². The maximum Gasteiger partial charge on any atom is 0.111 e. The van der Waals surface area contributed by atoms with Crippen LogP contribution in [0.25, 0.3) is 11.0 Å². The number of para-hydroxylation sites is 2. The van der Waals surface area contributed by atoms with Crippen molar-refractivity contribution in [2.24, 2.45) is 17.2 Å². The van der Waals surface area contributed by atoms with E-state index in [1.54, 1.807) is 0 Å². The smallest absolute Gasteiger partial charge is 0.111 e. The third-order valence-corrected chi connectivity index (χ3v) is 4.87. The number of hydrogen-bond acceptors (Lipinski definition) is 3. The van der Waals surface area contributed by atoms with Crippen LogP contribution in [-0.2, 0) is 13.0 Å². The van der Waals surface area contributed by atoms with Gasteiger partial charge in [0.25, 0.3) is 0 Å². The Bertz CT molecular complexity index is 629. The monoisotopic (exact) mass is 286 g/mol. The zero-order valence-corrected chi connectivity index (χ0v) is 13.3. The summed E-state index contributed by atoms with van der Waals surface area (Å²) in [7, 11) is 0. The molecule has 3 N–H and O–H groups in total. The fraction of sp³-hybridized carbons (Fsp3) is 0.588. The first-order valence-corrected chi connectivity index (χ1v) is 7.97. The molecule has 21 heavy (non-hydrogen) atoms. The van der Waals surface area contributed by atoms with Gasteiger partial charge in [-0.1, -0.05) is 32.9 Å². The van der Waals surface area contributed by atoms with Gasteiger partial charge in [0.1, 0.15) is 5.82 Å². The molecule has 4 nitrogen and oxygen atoms in total. The first-order valence-electron chi connectivity index (χ1n) is 7.97. The van der Waals surface area contributed by atoms with Crippen LogP contribution in [0.4, 0.5) is 0 Å². The molecule has 3 rings (SSSR count). The van der Waals surface area contributed by atoms with Crippen molar-refractivity contribution in [2.45, 2.75) is 52.6 Å². The van der Waals surface area contributed by atoms with Crippen molar-refractivity contribution in [3.8, 4) is 0 Å². The van der Waals surface area contributed by atoms with Gasteiger partial charge in [-0.15, -0.1) is 0 Å². The van der Waals surface area contributed by atoms with E-state index in [0.29, 0.717) is 17.4 Å². The quantitative estimate of drug-likeness (QED) is 0.634. The summed E-state index contributed by atoms with van der Waals surface area (Å²) in [6, 6.07) is 8.71. The number of rotatable bonds is 6. The minimum Gasteiger partial charge on any atom is -0.328 e. The third-order valence-electron chi connectivity index (χ3n) is 4.87. The van der Waals surface area contributed by atoms with E-state index in [1.165, 1.54) is 11.9 Å². The second-order valence-corrected chi connectivity index (χ2v) is 6.94. The normalized spacial score (nSPS) is 21.6. The van der Waals surface area contributed by atoms with Gasteiger partial charge in [0.2, 0.25) is 0 Å². The van der Waals surface area contributed by atoms with Crippen LogP contribution in [0, 0.1) is 11.3 Å². The van der Waals surface area contributed by atoms with E-state index in [2.05, 4.69) is 55.0 Å². The minimum atomic E-state index is 0.312. The highest BCUT2D eigenvalue weighted by Gasteiger charge is 2.50. The maximum absolute atomic E-state index is 5.81. The molecule has 0 aliphatic heterocycles. The molecule has 1 aromatic carbocycles. The summed E-state index contributed by atoms with van der Waals surface area (Å²) in [5.41, 5.74) is 5.77. The molecule has 0 amide bonds. The Labute approximate surface area is 126 Å². The Kier molecular flexibility index (Phi) is 3.76. The van der Waals surface area contributed by atoms with Crippen molar-refractivity contribution in [1.29, 1.82) is 0 Å². The van der Waals surface area contributed by atoms with Gasteiger partial charge in [-0.3, -0.25) is 11.3 Å². The van der Waals surface area contributed by atoms with Crippen LogP contribution in [0.3, 0.4) is 0 Å². The van der Waals surface area contributed by atoms with Crippen molar-refractivity contribution in [3.63, 3.8) is 0 Å². The average molecular weight is 286 g/mol. The highest BCUT2D eigenvalue weighted by molar-refractivity contribution is 5.75. The Balaban J connectivity index is 1.90. The summed E-state index contributed by atoms with van der Waals surface area (Å²) < 4.78 is 2.36. The van der Waals surface area contributed by atoms with E-state index in [4.69, 9.17) is 10.8 Å². The van der Waals surface area contributed by atoms with Crippen molar-refractivity contribution >= 4 is 11.0 Å². The molecule has 2 unspecified atom stereocenters. The third kappa shape index (κ3) is 2.70. The lowest BCUT2D eigenvalue weighted by atomic mass is 10.0. The lowest BCUT2D eigenvalue weighted by molar-refractivity contribution is 0.398. The average Bonchev–Trinajstić information content (AvgIpc) is 2.96. The summed E-state index contributed by atoms with van der Waals surface area (Å²) in [6.45, 7) is 7.86. The highest BCUT2D eigenvalue weighted by Crippen LogP contribution is 2.53. The number of imidazole rings is 1. The largest absolute Gasteiger partial charge is 0.328 e. The second kappa shape index (κ2) is 5.43. The van der Waals surface area contributed by atoms with Crippen LogP contribution in [0.1, 0.15) is 39.4 Å². The topological polar surface area (TPSA) is 55.9 Å². The lowest BCUT2D eigenvalue weighted by Crippen LogP contribution is -2.40. The summed E-state index contributed by atoms with van der Waals surface area (Å²) in [5.74, 6) is 7.62. The highest BCUT2D eigenvalue weighted by atomic mass is 15.2.